The molecule has 1 N–H and O–H groups in total. The van der Waals surface area contributed by atoms with Gasteiger partial charge in [-0.25, -0.2) is 14.5 Å². The van der Waals surface area contributed by atoms with Crippen molar-refractivity contribution in [1.29, 1.82) is 0 Å². The Bertz CT molecular complexity index is 1220. The molecule has 4 aromatic rings. The minimum atomic E-state index is -0.124. The molecule has 0 saturated heterocycles. The predicted molar refractivity (Wildman–Crippen MR) is 111 cm³/mol. The molecule has 1 aliphatic rings. The third-order valence-corrected chi connectivity index (χ3v) is 5.88. The molecule has 1 amide bonds. The lowest BCUT2D eigenvalue weighted by Gasteiger charge is -2.06. The average Bonchev–Trinajstić information content (AvgIpc) is 3.13. The van der Waals surface area contributed by atoms with Gasteiger partial charge in [-0.2, -0.15) is 0 Å². The number of carbonyl (C=O) groups is 1. The number of nitrogens with one attached hydrogen (secondary N) is 1. The normalized spacial score (nSPS) is 13.8. The predicted octanol–water partition coefficient (Wildman–Crippen LogP) is 2.27. The highest BCUT2D eigenvalue weighted by Crippen LogP contribution is 2.37. The van der Waals surface area contributed by atoms with Crippen molar-refractivity contribution in [3.63, 3.8) is 0 Å². The van der Waals surface area contributed by atoms with Crippen LogP contribution in [0.3, 0.4) is 0 Å². The van der Waals surface area contributed by atoms with E-state index in [1.165, 1.54) is 4.68 Å². The molecule has 0 atom stereocenters. The Hall–Kier alpha value is -3.20. The third kappa shape index (κ3) is 3.49. The van der Waals surface area contributed by atoms with Gasteiger partial charge in [0.15, 0.2) is 5.82 Å². The molecule has 1 aromatic carbocycles. The summed E-state index contributed by atoms with van der Waals surface area (Å²) in [6, 6.07) is 11.9. The van der Waals surface area contributed by atoms with E-state index in [-0.39, 0.29) is 24.2 Å². The summed E-state index contributed by atoms with van der Waals surface area (Å²) >= 11 is 1.58. The molecule has 0 unspecified atom stereocenters. The van der Waals surface area contributed by atoms with Gasteiger partial charge in [-0.1, -0.05) is 18.2 Å². The van der Waals surface area contributed by atoms with Crippen LogP contribution < -0.4 is 11.0 Å². The standard InChI is InChI=1S/C20H20N6O2S/c27-18(12-24-13-22-15-4-1-2-5-16(15)24)21-9-10-25-20(28)26(14-7-8-14)19(23-25)17-6-3-11-29-17/h1-6,11,13-14H,7-10,12H2,(H,21,27). The van der Waals surface area contributed by atoms with Crippen LogP contribution in [-0.2, 0) is 17.9 Å². The molecule has 9 heteroatoms. The van der Waals surface area contributed by atoms with Crippen LogP contribution in [0.2, 0.25) is 0 Å². The van der Waals surface area contributed by atoms with E-state index < -0.39 is 0 Å². The zero-order valence-corrected chi connectivity index (χ0v) is 16.5. The van der Waals surface area contributed by atoms with Crippen molar-refractivity contribution >= 4 is 28.3 Å². The quantitative estimate of drug-likeness (QED) is 0.508. The van der Waals surface area contributed by atoms with Crippen LogP contribution in [0.4, 0.5) is 0 Å². The first-order chi connectivity index (χ1) is 14.2. The zero-order valence-electron chi connectivity index (χ0n) is 15.7. The van der Waals surface area contributed by atoms with Gasteiger partial charge in [-0.15, -0.1) is 16.4 Å². The Morgan fingerprint density at radius 3 is 2.86 bits per heavy atom. The molecule has 1 saturated carbocycles. The molecule has 29 heavy (non-hydrogen) atoms. The fraction of sp³-hybridized carbons (Fsp3) is 0.300. The molecular weight excluding hydrogens is 388 g/mol. The first-order valence-corrected chi connectivity index (χ1v) is 10.5. The van der Waals surface area contributed by atoms with Gasteiger partial charge >= 0.3 is 5.69 Å². The second-order valence-corrected chi connectivity index (χ2v) is 8.07. The summed E-state index contributed by atoms with van der Waals surface area (Å²) in [5.41, 5.74) is 1.67. The monoisotopic (exact) mass is 408 g/mol. The number of thiophene rings is 1. The van der Waals surface area contributed by atoms with Crippen LogP contribution in [0, 0.1) is 0 Å². The van der Waals surface area contributed by atoms with Gasteiger partial charge in [0.05, 0.1) is 28.8 Å². The third-order valence-electron chi connectivity index (χ3n) is 5.01. The summed E-state index contributed by atoms with van der Waals surface area (Å²) in [4.78, 5) is 30.4. The molecule has 148 valence electrons. The summed E-state index contributed by atoms with van der Waals surface area (Å²) in [5, 5.41) is 9.40. The lowest BCUT2D eigenvalue weighted by molar-refractivity contribution is -0.121. The number of rotatable bonds is 7. The van der Waals surface area contributed by atoms with E-state index in [1.807, 2.05) is 46.3 Å². The van der Waals surface area contributed by atoms with Gasteiger partial charge in [0.2, 0.25) is 5.91 Å². The molecule has 3 aromatic heterocycles. The van der Waals surface area contributed by atoms with Gasteiger partial charge < -0.3 is 9.88 Å². The Labute approximate surface area is 170 Å². The Morgan fingerprint density at radius 1 is 1.21 bits per heavy atom. The van der Waals surface area contributed by atoms with Gasteiger partial charge in [0, 0.05) is 12.6 Å². The maximum Gasteiger partial charge on any atom is 0.346 e. The van der Waals surface area contributed by atoms with E-state index in [2.05, 4.69) is 15.4 Å². The minimum absolute atomic E-state index is 0.106. The number of amides is 1. The van der Waals surface area contributed by atoms with E-state index in [0.29, 0.717) is 13.1 Å². The Morgan fingerprint density at radius 2 is 2.07 bits per heavy atom. The fourth-order valence-electron chi connectivity index (χ4n) is 3.45. The molecule has 0 bridgehead atoms. The molecule has 3 heterocycles. The van der Waals surface area contributed by atoms with E-state index >= 15 is 0 Å². The SMILES string of the molecule is O=C(Cn1cnc2ccccc21)NCCn1nc(-c2cccs2)n(C2CC2)c1=O. The number of nitrogens with zero attached hydrogens (tertiary/aromatic N) is 5. The summed E-state index contributed by atoms with van der Waals surface area (Å²) < 4.78 is 5.07. The summed E-state index contributed by atoms with van der Waals surface area (Å²) in [6.45, 7) is 0.872. The summed E-state index contributed by atoms with van der Waals surface area (Å²) in [6.07, 6.45) is 3.69. The van der Waals surface area contributed by atoms with Gasteiger partial charge in [-0.3, -0.25) is 9.36 Å². The maximum atomic E-state index is 12.8. The van der Waals surface area contributed by atoms with Crippen LogP contribution in [0.15, 0.2) is 52.9 Å². The molecular formula is C20H20N6O2S. The molecule has 1 aliphatic carbocycles. The van der Waals surface area contributed by atoms with Crippen LogP contribution in [0.1, 0.15) is 18.9 Å². The molecule has 0 radical (unpaired) electrons. The van der Waals surface area contributed by atoms with Crippen molar-refractivity contribution in [1.82, 2.24) is 29.2 Å². The van der Waals surface area contributed by atoms with Crippen LogP contribution in [0.5, 0.6) is 0 Å². The zero-order chi connectivity index (χ0) is 19.8. The highest BCUT2D eigenvalue weighted by Gasteiger charge is 2.30. The van der Waals surface area contributed by atoms with E-state index in [1.54, 1.807) is 22.2 Å². The van der Waals surface area contributed by atoms with E-state index in [9.17, 15) is 9.59 Å². The van der Waals surface area contributed by atoms with Crippen molar-refractivity contribution in [3.05, 3.63) is 58.6 Å². The molecule has 0 aliphatic heterocycles. The maximum absolute atomic E-state index is 12.8. The van der Waals surface area contributed by atoms with Crippen molar-refractivity contribution in [2.75, 3.05) is 6.54 Å². The summed E-state index contributed by atoms with van der Waals surface area (Å²) in [7, 11) is 0. The van der Waals surface area contributed by atoms with Crippen LogP contribution >= 0.6 is 11.3 Å². The number of hydrogen-bond acceptors (Lipinski definition) is 5. The van der Waals surface area contributed by atoms with Gasteiger partial charge in [-0.05, 0) is 36.4 Å². The first kappa shape index (κ1) is 17.9. The fourth-order valence-corrected chi connectivity index (χ4v) is 4.16. The first-order valence-electron chi connectivity index (χ1n) is 9.60. The topological polar surface area (TPSA) is 86.7 Å². The number of benzene rings is 1. The molecule has 0 spiro atoms. The van der Waals surface area contributed by atoms with Gasteiger partial charge in [0.1, 0.15) is 6.54 Å². The Kier molecular flexibility index (Phi) is 4.51. The summed E-state index contributed by atoms with van der Waals surface area (Å²) in [5.74, 6) is 0.602. The number of aromatic nitrogens is 5. The largest absolute Gasteiger partial charge is 0.353 e. The lowest BCUT2D eigenvalue weighted by atomic mass is 10.3. The Balaban J connectivity index is 1.25. The van der Waals surface area contributed by atoms with Gasteiger partial charge in [0.25, 0.3) is 0 Å². The smallest absolute Gasteiger partial charge is 0.346 e. The van der Waals surface area contributed by atoms with Crippen molar-refractivity contribution < 1.29 is 4.79 Å². The van der Waals surface area contributed by atoms with Crippen molar-refractivity contribution in [2.24, 2.45) is 0 Å². The highest BCUT2D eigenvalue weighted by atomic mass is 32.1. The highest BCUT2D eigenvalue weighted by molar-refractivity contribution is 7.13. The second kappa shape index (κ2) is 7.32. The molecule has 8 nitrogen and oxygen atoms in total. The number of imidazole rings is 1. The van der Waals surface area contributed by atoms with Crippen molar-refractivity contribution in [3.8, 4) is 10.7 Å². The molecule has 5 rings (SSSR count). The number of fused-ring (bicyclic) bond motifs is 1. The molecule has 1 fully saturated rings. The van der Waals surface area contributed by atoms with Crippen LogP contribution in [0.25, 0.3) is 21.7 Å². The van der Waals surface area contributed by atoms with Crippen molar-refractivity contribution in [2.45, 2.75) is 32.0 Å². The van der Waals surface area contributed by atoms with E-state index in [0.717, 1.165) is 34.6 Å². The minimum Gasteiger partial charge on any atom is -0.353 e. The number of para-hydroxylation sites is 2. The average molecular weight is 408 g/mol. The van der Waals surface area contributed by atoms with Crippen LogP contribution in [-0.4, -0.2) is 36.4 Å². The number of carbonyl (C=O) groups excluding carboxylic acids is 1. The van der Waals surface area contributed by atoms with E-state index in [4.69, 9.17) is 0 Å². The second-order valence-electron chi connectivity index (χ2n) is 7.12. The lowest BCUT2D eigenvalue weighted by Crippen LogP contribution is -2.33. The number of hydrogen-bond donors (Lipinski definition) is 1.